The number of fused-ring (bicyclic) bond motifs is 5. The molecule has 2 nitrogen and oxygen atoms in total. The molecule has 0 bridgehead atoms. The van der Waals surface area contributed by atoms with E-state index in [1.807, 2.05) is 0 Å². The Morgan fingerprint density at radius 3 is 2.52 bits per heavy atom. The molecular weight excluding hydrogens is 363 g/mol. The third kappa shape index (κ3) is 2.96. The Hall–Kier alpha value is -1.45. The molecule has 1 aromatic rings. The first-order valence-corrected chi connectivity index (χ1v) is 11.3. The predicted molar refractivity (Wildman–Crippen MR) is 113 cm³/mol. The van der Waals surface area contributed by atoms with Gasteiger partial charge in [0.2, 0.25) is 0 Å². The van der Waals surface area contributed by atoms with Crippen LogP contribution in [0, 0.1) is 34.4 Å². The highest BCUT2D eigenvalue weighted by atomic mass is 19.1. The molecule has 2 N–H and O–H groups in total. The minimum absolute atomic E-state index is 0.0666. The molecule has 156 valence electrons. The van der Waals surface area contributed by atoms with Gasteiger partial charge in [-0.2, -0.15) is 0 Å². The summed E-state index contributed by atoms with van der Waals surface area (Å²) in [6.45, 7) is 4.72. The second-order valence-electron chi connectivity index (χ2n) is 10.6. The first-order chi connectivity index (χ1) is 13.8. The number of rotatable bonds is 1. The van der Waals surface area contributed by atoms with Crippen LogP contribution in [-0.2, 0) is 0 Å². The first kappa shape index (κ1) is 19.5. The molecule has 0 radical (unpaired) electrons. The van der Waals surface area contributed by atoms with Gasteiger partial charge in [-0.15, -0.1) is 0 Å². The van der Waals surface area contributed by atoms with Crippen LogP contribution in [0.4, 0.5) is 4.39 Å². The lowest BCUT2D eigenvalue weighted by Gasteiger charge is -2.57. The molecule has 0 aromatic heterocycles. The van der Waals surface area contributed by atoms with Crippen molar-refractivity contribution in [3.05, 3.63) is 52.9 Å². The number of hydrogen-bond donors (Lipinski definition) is 2. The van der Waals surface area contributed by atoms with Crippen molar-refractivity contribution in [1.82, 2.24) is 0 Å². The van der Waals surface area contributed by atoms with E-state index in [4.69, 9.17) is 0 Å². The number of hydrogen-bond acceptors (Lipinski definition) is 2. The molecule has 29 heavy (non-hydrogen) atoms. The van der Waals surface area contributed by atoms with E-state index in [0.717, 1.165) is 49.7 Å². The van der Waals surface area contributed by atoms with E-state index in [0.29, 0.717) is 17.8 Å². The molecule has 0 spiro atoms. The first-order valence-electron chi connectivity index (χ1n) is 11.3. The van der Waals surface area contributed by atoms with Crippen molar-refractivity contribution >= 4 is 6.08 Å². The largest absolute Gasteiger partial charge is 0.393 e. The maximum Gasteiger partial charge on any atom is 0.123 e. The minimum atomic E-state index is -0.412. The van der Waals surface area contributed by atoms with Gasteiger partial charge in [-0.3, -0.25) is 0 Å². The normalized spacial score (nSPS) is 45.3. The van der Waals surface area contributed by atoms with E-state index in [2.05, 4.69) is 26.0 Å². The Bertz CT molecular complexity index is 856. The summed E-state index contributed by atoms with van der Waals surface area (Å²) in [7, 11) is 0. The van der Waals surface area contributed by atoms with Crippen LogP contribution in [0.15, 0.2) is 41.5 Å². The molecule has 1 aromatic carbocycles. The second kappa shape index (κ2) is 6.78. The highest BCUT2D eigenvalue weighted by Gasteiger charge is 2.59. The van der Waals surface area contributed by atoms with Crippen LogP contribution in [-0.4, -0.2) is 22.4 Å². The monoisotopic (exact) mass is 396 g/mol. The minimum Gasteiger partial charge on any atom is -0.393 e. The third-order valence-corrected chi connectivity index (χ3v) is 9.17. The SMILES string of the molecule is C[C@@]12CC[C@H]3[C@@H](CC=C4C[C@H](O)CC[C@]43C)[C@H]1C/C(=C\c1ccc(F)cc1)[C@@H]2O. The number of aliphatic hydroxyl groups excluding tert-OH is 2. The van der Waals surface area contributed by atoms with Crippen LogP contribution < -0.4 is 0 Å². The van der Waals surface area contributed by atoms with Gasteiger partial charge < -0.3 is 10.2 Å². The average molecular weight is 397 g/mol. The Balaban J connectivity index is 1.46. The standard InChI is InChI=1S/C26H33FO2/c1-25-11-9-20(28)15-18(25)5-8-21-22(25)10-12-26(2)23(21)14-17(24(26)29)13-16-3-6-19(27)7-4-16/h3-7,13,20-24,28-29H,8-12,14-15H2,1-2H3/b17-13+/t20-,21-,22+,23-,24+,25-,26-/m1/s1. The summed E-state index contributed by atoms with van der Waals surface area (Å²) in [4.78, 5) is 0. The van der Waals surface area contributed by atoms with Crippen molar-refractivity contribution in [2.45, 2.75) is 71.0 Å². The highest BCUT2D eigenvalue weighted by molar-refractivity contribution is 5.55. The van der Waals surface area contributed by atoms with Crippen molar-refractivity contribution < 1.29 is 14.6 Å². The zero-order valence-electron chi connectivity index (χ0n) is 17.6. The van der Waals surface area contributed by atoms with Crippen LogP contribution in [0.3, 0.4) is 0 Å². The van der Waals surface area contributed by atoms with E-state index in [9.17, 15) is 14.6 Å². The second-order valence-corrected chi connectivity index (χ2v) is 10.6. The number of benzene rings is 1. The van der Waals surface area contributed by atoms with E-state index >= 15 is 0 Å². The summed E-state index contributed by atoms with van der Waals surface area (Å²) < 4.78 is 13.3. The molecule has 4 aliphatic rings. The van der Waals surface area contributed by atoms with Gasteiger partial charge in [0.05, 0.1) is 12.2 Å². The van der Waals surface area contributed by atoms with Gasteiger partial charge >= 0.3 is 0 Å². The van der Waals surface area contributed by atoms with E-state index in [-0.39, 0.29) is 22.8 Å². The quantitative estimate of drug-likeness (QED) is 0.615. The summed E-state index contributed by atoms with van der Waals surface area (Å²) in [5, 5.41) is 21.5. The fourth-order valence-electron chi connectivity index (χ4n) is 7.41. The zero-order chi connectivity index (χ0) is 20.4. The van der Waals surface area contributed by atoms with Gasteiger partial charge in [-0.05, 0) is 91.4 Å². The van der Waals surface area contributed by atoms with Gasteiger partial charge in [-0.1, -0.05) is 43.7 Å². The van der Waals surface area contributed by atoms with Crippen molar-refractivity contribution in [3.63, 3.8) is 0 Å². The maximum absolute atomic E-state index is 13.3. The molecule has 0 unspecified atom stereocenters. The molecule has 3 saturated carbocycles. The van der Waals surface area contributed by atoms with Crippen LogP contribution >= 0.6 is 0 Å². The lowest BCUT2D eigenvalue weighted by molar-refractivity contribution is -0.0685. The predicted octanol–water partition coefficient (Wildman–Crippen LogP) is 5.50. The fraction of sp³-hybridized carbons (Fsp3) is 0.615. The molecule has 0 aliphatic heterocycles. The van der Waals surface area contributed by atoms with Crippen molar-refractivity contribution in [2.75, 3.05) is 0 Å². The Kier molecular flexibility index (Phi) is 4.56. The average Bonchev–Trinajstić information content (AvgIpc) is 2.95. The smallest absolute Gasteiger partial charge is 0.123 e. The van der Waals surface area contributed by atoms with Gasteiger partial charge in [0.15, 0.2) is 0 Å². The molecule has 4 aliphatic carbocycles. The van der Waals surface area contributed by atoms with Crippen molar-refractivity contribution in [2.24, 2.45) is 28.6 Å². The zero-order valence-corrected chi connectivity index (χ0v) is 17.6. The Labute approximate surface area is 173 Å². The third-order valence-electron chi connectivity index (χ3n) is 9.17. The van der Waals surface area contributed by atoms with Gasteiger partial charge in [-0.25, -0.2) is 4.39 Å². The number of aliphatic hydroxyl groups is 2. The molecule has 3 heteroatoms. The summed E-state index contributed by atoms with van der Waals surface area (Å²) in [6.07, 6.45) is 11.0. The molecule has 5 rings (SSSR count). The number of allylic oxidation sites excluding steroid dienone is 1. The Morgan fingerprint density at radius 2 is 1.76 bits per heavy atom. The van der Waals surface area contributed by atoms with E-state index < -0.39 is 6.10 Å². The van der Waals surface area contributed by atoms with Gasteiger partial charge in [0.25, 0.3) is 0 Å². The van der Waals surface area contributed by atoms with E-state index in [1.165, 1.54) is 24.1 Å². The number of halogens is 1. The van der Waals surface area contributed by atoms with E-state index in [1.54, 1.807) is 12.1 Å². The van der Waals surface area contributed by atoms with Crippen LogP contribution in [0.2, 0.25) is 0 Å². The molecule has 0 saturated heterocycles. The van der Waals surface area contributed by atoms with Crippen LogP contribution in [0.5, 0.6) is 0 Å². The van der Waals surface area contributed by atoms with Crippen molar-refractivity contribution in [3.8, 4) is 0 Å². The molecule has 7 atom stereocenters. The van der Waals surface area contributed by atoms with Crippen LogP contribution in [0.1, 0.15) is 64.4 Å². The summed E-state index contributed by atoms with van der Waals surface area (Å²) in [5.74, 6) is 1.53. The van der Waals surface area contributed by atoms with Crippen molar-refractivity contribution in [1.29, 1.82) is 0 Å². The molecular formula is C26H33FO2. The topological polar surface area (TPSA) is 40.5 Å². The molecule has 0 heterocycles. The Morgan fingerprint density at radius 1 is 1.00 bits per heavy atom. The molecule has 0 amide bonds. The summed E-state index contributed by atoms with van der Waals surface area (Å²) in [5.41, 5.74) is 3.73. The lowest BCUT2D eigenvalue weighted by Crippen LogP contribution is -2.51. The lowest BCUT2D eigenvalue weighted by atomic mass is 9.48. The van der Waals surface area contributed by atoms with Gasteiger partial charge in [0, 0.05) is 5.41 Å². The van der Waals surface area contributed by atoms with Gasteiger partial charge in [0.1, 0.15) is 5.82 Å². The maximum atomic E-state index is 13.3. The summed E-state index contributed by atoms with van der Waals surface area (Å²) >= 11 is 0. The summed E-state index contributed by atoms with van der Waals surface area (Å²) in [6, 6.07) is 6.58. The highest BCUT2D eigenvalue weighted by Crippen LogP contribution is 2.65. The van der Waals surface area contributed by atoms with Crippen LogP contribution in [0.25, 0.3) is 6.08 Å². The fourth-order valence-corrected chi connectivity index (χ4v) is 7.41. The molecule has 3 fully saturated rings.